The third-order valence-corrected chi connectivity index (χ3v) is 11.9. The van der Waals surface area contributed by atoms with Gasteiger partial charge in [-0.25, -0.2) is 4.21 Å². The summed E-state index contributed by atoms with van der Waals surface area (Å²) in [5.41, 5.74) is 2.79. The van der Waals surface area contributed by atoms with Gasteiger partial charge in [-0.1, -0.05) is 50.1 Å². The summed E-state index contributed by atoms with van der Waals surface area (Å²) in [5.74, 6) is -1.84. The van der Waals surface area contributed by atoms with Gasteiger partial charge in [0.1, 0.15) is 22.1 Å². The number of nitrogens with zero attached hydrogens (tertiary/aromatic N) is 2. The Labute approximate surface area is 285 Å². The van der Waals surface area contributed by atoms with E-state index >= 15 is 0 Å². The minimum Gasteiger partial charge on any atom is -0.490 e. The van der Waals surface area contributed by atoms with Crippen molar-refractivity contribution in [2.75, 3.05) is 37.5 Å². The van der Waals surface area contributed by atoms with Crippen molar-refractivity contribution in [3.8, 4) is 5.75 Å². The molecule has 48 heavy (non-hydrogen) atoms. The van der Waals surface area contributed by atoms with E-state index in [2.05, 4.69) is 29.2 Å². The second-order valence-electron chi connectivity index (χ2n) is 13.1. The van der Waals surface area contributed by atoms with Crippen LogP contribution >= 0.6 is 11.6 Å². The molecule has 0 fully saturated rings. The second-order valence-corrected chi connectivity index (χ2v) is 15.7. The largest absolute Gasteiger partial charge is 0.490 e. The van der Waals surface area contributed by atoms with E-state index in [1.165, 1.54) is 17.2 Å². The van der Waals surface area contributed by atoms with E-state index in [1.807, 2.05) is 29.0 Å². The molecule has 5 atom stereocenters. The number of carbonyl (C=O) groups excluding carboxylic acids is 2. The lowest BCUT2D eigenvalue weighted by Gasteiger charge is -2.42. The number of allylic oxidation sites excluding steroid dienone is 1. The number of methoxy groups -OCH3 is 1. The number of hydrogen-bond acceptors (Lipinski definition) is 6. The summed E-state index contributed by atoms with van der Waals surface area (Å²) >= 11 is 6.40. The summed E-state index contributed by atoms with van der Waals surface area (Å²) in [4.78, 5) is 28.1. The number of benzene rings is 2. The zero-order chi connectivity index (χ0) is 34.7. The Bertz CT molecular complexity index is 1670. The molecule has 8 nitrogen and oxygen atoms in total. The number of hydrogen-bond donors (Lipinski definition) is 1. The highest BCUT2D eigenvalue weighted by Crippen LogP contribution is 2.45. The van der Waals surface area contributed by atoms with Gasteiger partial charge >= 0.3 is 6.18 Å². The molecular formula is C35H43ClF3N3O5S. The Balaban J connectivity index is 1.61. The van der Waals surface area contributed by atoms with Gasteiger partial charge in [-0.15, -0.1) is 4.36 Å². The molecule has 2 bridgehead atoms. The summed E-state index contributed by atoms with van der Waals surface area (Å²) in [6.45, 7) is 5.95. The van der Waals surface area contributed by atoms with Crippen LogP contribution in [0.1, 0.15) is 73.9 Å². The van der Waals surface area contributed by atoms with Crippen molar-refractivity contribution in [2.24, 2.45) is 16.2 Å². The van der Waals surface area contributed by atoms with Crippen LogP contribution in [0.3, 0.4) is 0 Å². The quantitative estimate of drug-likeness (QED) is 0.332. The number of fused-ring (bicyclic) bond motifs is 3. The zero-order valence-electron chi connectivity index (χ0n) is 27.5. The number of halogens is 4. The van der Waals surface area contributed by atoms with Crippen molar-refractivity contribution in [1.29, 1.82) is 0 Å². The summed E-state index contributed by atoms with van der Waals surface area (Å²) < 4.78 is 70.9. The van der Waals surface area contributed by atoms with E-state index in [1.54, 1.807) is 19.2 Å². The first-order valence-electron chi connectivity index (χ1n) is 16.4. The predicted molar refractivity (Wildman–Crippen MR) is 181 cm³/mol. The number of aryl methyl sites for hydroxylation is 1. The summed E-state index contributed by atoms with van der Waals surface area (Å²) in [7, 11) is -2.22. The van der Waals surface area contributed by atoms with E-state index in [0.717, 1.165) is 25.7 Å². The smallest absolute Gasteiger partial charge is 0.397 e. The van der Waals surface area contributed by atoms with Crippen LogP contribution in [-0.4, -0.2) is 60.9 Å². The van der Waals surface area contributed by atoms with Gasteiger partial charge in [-0.05, 0) is 85.4 Å². The first-order valence-corrected chi connectivity index (χ1v) is 18.5. The number of ether oxygens (including phenoxy) is 2. The summed E-state index contributed by atoms with van der Waals surface area (Å²) in [6.07, 6.45) is 1.20. The van der Waals surface area contributed by atoms with Crippen LogP contribution in [-0.2, 0) is 31.3 Å². The molecule has 2 aromatic carbocycles. The van der Waals surface area contributed by atoms with Crippen molar-refractivity contribution >= 4 is 39.0 Å². The van der Waals surface area contributed by atoms with Gasteiger partial charge in [0, 0.05) is 36.2 Å². The lowest BCUT2D eigenvalue weighted by atomic mass is 9.70. The van der Waals surface area contributed by atoms with Gasteiger partial charge < -0.3 is 14.4 Å². The van der Waals surface area contributed by atoms with E-state index in [0.29, 0.717) is 42.6 Å². The Kier molecular flexibility index (Phi) is 11.2. The van der Waals surface area contributed by atoms with Crippen LogP contribution in [0.25, 0.3) is 0 Å². The molecule has 3 aliphatic rings. The topological polar surface area (TPSA) is 97.3 Å². The monoisotopic (exact) mass is 709 g/mol. The number of anilines is 1. The molecule has 0 saturated heterocycles. The third kappa shape index (κ3) is 8.37. The molecule has 2 amide bonds. The molecule has 0 saturated carbocycles. The molecule has 1 unspecified atom stereocenters. The molecule has 2 aromatic rings. The molecule has 1 N–H and O–H groups in total. The van der Waals surface area contributed by atoms with Crippen molar-refractivity contribution in [3.63, 3.8) is 0 Å². The minimum absolute atomic E-state index is 0.0924. The highest BCUT2D eigenvalue weighted by molar-refractivity contribution is 7.92. The fourth-order valence-corrected chi connectivity index (χ4v) is 9.06. The molecular weight excluding hydrogens is 667 g/mol. The van der Waals surface area contributed by atoms with Crippen molar-refractivity contribution in [2.45, 2.75) is 76.5 Å². The lowest BCUT2D eigenvalue weighted by molar-refractivity contribution is -0.152. The Morgan fingerprint density at radius 1 is 1.23 bits per heavy atom. The van der Waals surface area contributed by atoms with Crippen molar-refractivity contribution in [3.05, 3.63) is 70.3 Å². The van der Waals surface area contributed by atoms with Gasteiger partial charge in [-0.3, -0.25) is 14.3 Å². The number of rotatable bonds is 4. The number of amides is 2. The lowest BCUT2D eigenvalue weighted by Crippen LogP contribution is -2.47. The normalized spacial score (nSPS) is 28.9. The molecule has 0 radical (unpaired) electrons. The van der Waals surface area contributed by atoms with E-state index in [4.69, 9.17) is 21.1 Å². The van der Waals surface area contributed by atoms with Crippen LogP contribution in [0.2, 0.25) is 5.02 Å². The Morgan fingerprint density at radius 3 is 2.75 bits per heavy atom. The van der Waals surface area contributed by atoms with Gasteiger partial charge in [0.25, 0.3) is 5.91 Å². The highest BCUT2D eigenvalue weighted by atomic mass is 35.5. The van der Waals surface area contributed by atoms with Gasteiger partial charge in [0.15, 0.2) is 0 Å². The maximum atomic E-state index is 13.8. The van der Waals surface area contributed by atoms with Crippen LogP contribution < -0.4 is 14.4 Å². The standard InChI is InChI=1S/C35H43ClF3N3O5S/c1-4-24-20-42-21-34(15-8-9-25-17-27(36)12-13-28(25)34)22-47-31-14-11-26(18-29(31)42)33(44)41-48(45,40-32(43)19-35(37,38)39)16-7-5-6-10-30(46-3)23(24)2/h6,10-14,17-18,23-24,30H,4-5,7-9,15-16,19-22H2,1-3H3,(H,40,41,43,44,45)/b10-6+/t23-,24+,30+,34+,48?/m1/s1. The fraction of sp³-hybridized carbons (Fsp3) is 0.543. The maximum Gasteiger partial charge on any atom is 0.397 e. The van der Waals surface area contributed by atoms with Crippen LogP contribution in [0.4, 0.5) is 18.9 Å². The van der Waals surface area contributed by atoms with Crippen LogP contribution in [0.15, 0.2) is 52.9 Å². The summed E-state index contributed by atoms with van der Waals surface area (Å²) in [5, 5.41) is 0.685. The molecule has 0 aromatic heterocycles. The van der Waals surface area contributed by atoms with Crippen LogP contribution in [0.5, 0.6) is 5.75 Å². The fourth-order valence-electron chi connectivity index (χ4n) is 7.26. The number of alkyl halides is 3. The Hall–Kier alpha value is -3.09. The molecule has 1 aliphatic carbocycles. The van der Waals surface area contributed by atoms with E-state index in [-0.39, 0.29) is 41.1 Å². The molecule has 5 rings (SSSR count). The Morgan fingerprint density at radius 2 is 2.02 bits per heavy atom. The van der Waals surface area contributed by atoms with Crippen molar-refractivity contribution < 1.29 is 36.4 Å². The number of carbonyl (C=O) groups is 2. The van der Waals surface area contributed by atoms with Gasteiger partial charge in [0.05, 0.1) is 24.2 Å². The first kappa shape index (κ1) is 36.2. The summed E-state index contributed by atoms with van der Waals surface area (Å²) in [6, 6.07) is 10.9. The molecule has 2 heterocycles. The highest BCUT2D eigenvalue weighted by Gasteiger charge is 2.43. The van der Waals surface area contributed by atoms with Crippen molar-refractivity contribution in [1.82, 2.24) is 4.72 Å². The molecule has 13 heteroatoms. The number of nitrogens with one attached hydrogen (secondary N) is 1. The van der Waals surface area contributed by atoms with Gasteiger partial charge in [-0.2, -0.15) is 13.2 Å². The molecule has 2 aliphatic heterocycles. The molecule has 1 spiro atoms. The average molecular weight is 710 g/mol. The van der Waals surface area contributed by atoms with E-state index in [9.17, 15) is 27.0 Å². The molecule has 262 valence electrons. The minimum atomic E-state index is -4.81. The maximum absolute atomic E-state index is 13.8. The predicted octanol–water partition coefficient (Wildman–Crippen LogP) is 7.43. The second kappa shape index (κ2) is 14.8. The van der Waals surface area contributed by atoms with Gasteiger partial charge in [0.2, 0.25) is 5.91 Å². The zero-order valence-corrected chi connectivity index (χ0v) is 29.1. The van der Waals surface area contributed by atoms with E-state index < -0.39 is 34.3 Å². The third-order valence-electron chi connectivity index (χ3n) is 9.78. The van der Waals surface area contributed by atoms with Crippen LogP contribution in [0, 0.1) is 11.8 Å². The first-order chi connectivity index (χ1) is 22.7. The SMILES string of the molecule is CC[C@H]1CN2C[C@@]3(CCCc4cc(Cl)ccc43)COc3ccc(cc32)C(=O)N=S(=O)(NC(=O)CC(F)(F)F)CCC/C=C/[C@H](OC)[C@@H]1C. The average Bonchev–Trinajstić information content (AvgIpc) is 3.16.